The van der Waals surface area contributed by atoms with Gasteiger partial charge in [0, 0.05) is 5.56 Å². The van der Waals surface area contributed by atoms with Gasteiger partial charge in [-0.2, -0.15) is 0 Å². The largest absolute Gasteiger partial charge is 0.465 e. The summed E-state index contributed by atoms with van der Waals surface area (Å²) in [5.74, 6) is -1.03. The van der Waals surface area contributed by atoms with Crippen LogP contribution in [0.1, 0.15) is 25.3 Å². The van der Waals surface area contributed by atoms with Crippen molar-refractivity contribution in [2.24, 2.45) is 5.41 Å². The Bertz CT molecular complexity index is 796. The number of anilines is 1. The molecule has 0 bridgehead atoms. The second-order valence-corrected chi connectivity index (χ2v) is 5.72. The fraction of sp³-hybridized carbons (Fsp3) is 0.353. The minimum atomic E-state index is -1.14. The van der Waals surface area contributed by atoms with Crippen molar-refractivity contribution in [2.75, 3.05) is 11.9 Å². The van der Waals surface area contributed by atoms with E-state index in [4.69, 9.17) is 9.26 Å². The molecule has 1 aliphatic rings. The van der Waals surface area contributed by atoms with Crippen molar-refractivity contribution in [3.05, 3.63) is 35.6 Å². The number of hydrogen-bond acceptors (Lipinski definition) is 5. The molecule has 0 aliphatic heterocycles. The van der Waals surface area contributed by atoms with E-state index in [9.17, 15) is 14.0 Å². The summed E-state index contributed by atoms with van der Waals surface area (Å²) in [6.45, 7) is 3.57. The Morgan fingerprint density at radius 1 is 1.38 bits per heavy atom. The van der Waals surface area contributed by atoms with Crippen LogP contribution in [0.3, 0.4) is 0 Å². The van der Waals surface area contributed by atoms with E-state index < -0.39 is 23.1 Å². The third-order valence-electron chi connectivity index (χ3n) is 4.13. The molecule has 1 aliphatic carbocycles. The number of aromatic nitrogens is 1. The van der Waals surface area contributed by atoms with Crippen molar-refractivity contribution in [3.63, 3.8) is 0 Å². The highest BCUT2D eigenvalue weighted by molar-refractivity contribution is 6.11. The summed E-state index contributed by atoms with van der Waals surface area (Å²) in [6, 6.07) is 6.13. The number of amides is 1. The average Bonchev–Trinajstić information content (AvgIpc) is 3.30. The maximum Gasteiger partial charge on any atom is 0.321 e. The molecule has 1 aromatic heterocycles. The fourth-order valence-corrected chi connectivity index (χ4v) is 2.49. The molecule has 0 radical (unpaired) electrons. The summed E-state index contributed by atoms with van der Waals surface area (Å²) in [7, 11) is 0. The summed E-state index contributed by atoms with van der Waals surface area (Å²) < 4.78 is 24.0. The third-order valence-corrected chi connectivity index (χ3v) is 4.13. The molecule has 0 saturated heterocycles. The summed E-state index contributed by atoms with van der Waals surface area (Å²) in [5.41, 5.74) is -0.387. The van der Waals surface area contributed by atoms with Gasteiger partial charge >= 0.3 is 5.97 Å². The minimum Gasteiger partial charge on any atom is -0.465 e. The highest BCUT2D eigenvalue weighted by atomic mass is 19.1. The quantitative estimate of drug-likeness (QED) is 0.672. The van der Waals surface area contributed by atoms with E-state index in [-0.39, 0.29) is 23.7 Å². The van der Waals surface area contributed by atoms with Gasteiger partial charge in [-0.1, -0.05) is 17.3 Å². The molecular weight excluding hydrogens is 315 g/mol. The number of carbonyl (C=O) groups is 2. The first-order valence-corrected chi connectivity index (χ1v) is 7.69. The van der Waals surface area contributed by atoms with Gasteiger partial charge in [0.2, 0.25) is 5.91 Å². The number of hydrogen-bond donors (Lipinski definition) is 1. The van der Waals surface area contributed by atoms with Gasteiger partial charge in [0.15, 0.2) is 11.6 Å². The Kier molecular flexibility index (Phi) is 4.09. The smallest absolute Gasteiger partial charge is 0.321 e. The zero-order chi connectivity index (χ0) is 17.3. The molecule has 0 spiro atoms. The number of benzene rings is 1. The standard InChI is InChI=1S/C17H17FN2O4/c1-3-23-16(22)17(8-9-17)15(21)19-14-10(2)13(24-20-14)11-6-4-5-7-12(11)18/h4-7H,3,8-9H2,1-2H3,(H,19,20,21). The normalized spacial score (nSPS) is 15.0. The lowest BCUT2D eigenvalue weighted by molar-refractivity contribution is -0.152. The predicted octanol–water partition coefficient (Wildman–Crippen LogP) is 3.07. The first-order valence-electron chi connectivity index (χ1n) is 7.69. The van der Waals surface area contributed by atoms with E-state index >= 15 is 0 Å². The van der Waals surface area contributed by atoms with Crippen LogP contribution in [0.4, 0.5) is 10.2 Å². The number of rotatable bonds is 5. The van der Waals surface area contributed by atoms with E-state index in [0.29, 0.717) is 18.4 Å². The lowest BCUT2D eigenvalue weighted by Crippen LogP contribution is -2.33. The fourth-order valence-electron chi connectivity index (χ4n) is 2.49. The molecule has 1 heterocycles. The third kappa shape index (κ3) is 2.66. The van der Waals surface area contributed by atoms with Gasteiger partial charge in [0.25, 0.3) is 0 Å². The molecule has 3 rings (SSSR count). The Morgan fingerprint density at radius 3 is 2.71 bits per heavy atom. The number of esters is 1. The first kappa shape index (κ1) is 16.2. The number of nitrogens with one attached hydrogen (secondary N) is 1. The SMILES string of the molecule is CCOC(=O)C1(C(=O)Nc2noc(-c3ccccc3F)c2C)CC1. The second kappa shape index (κ2) is 6.07. The van der Waals surface area contributed by atoms with Gasteiger partial charge in [0.05, 0.1) is 12.2 Å². The van der Waals surface area contributed by atoms with Crippen LogP contribution >= 0.6 is 0 Å². The highest BCUT2D eigenvalue weighted by Crippen LogP contribution is 2.48. The number of ether oxygens (including phenoxy) is 1. The number of carbonyl (C=O) groups excluding carboxylic acids is 2. The van der Waals surface area contributed by atoms with Crippen molar-refractivity contribution in [3.8, 4) is 11.3 Å². The first-order chi connectivity index (χ1) is 11.5. The van der Waals surface area contributed by atoms with Gasteiger partial charge in [0.1, 0.15) is 11.2 Å². The van der Waals surface area contributed by atoms with Crippen molar-refractivity contribution in [1.29, 1.82) is 0 Å². The number of halogens is 1. The van der Waals surface area contributed by atoms with Gasteiger partial charge in [-0.05, 0) is 38.8 Å². The van der Waals surface area contributed by atoms with Crippen molar-refractivity contribution < 1.29 is 23.2 Å². The lowest BCUT2D eigenvalue weighted by Gasteiger charge is -2.12. The van der Waals surface area contributed by atoms with Gasteiger partial charge < -0.3 is 14.6 Å². The molecular formula is C17H17FN2O4. The molecule has 24 heavy (non-hydrogen) atoms. The molecule has 1 fully saturated rings. The van der Waals surface area contributed by atoms with E-state index in [1.807, 2.05) is 0 Å². The maximum atomic E-state index is 13.9. The summed E-state index contributed by atoms with van der Waals surface area (Å²) in [6.07, 6.45) is 0.878. The summed E-state index contributed by atoms with van der Waals surface area (Å²) in [4.78, 5) is 24.3. The molecule has 1 amide bonds. The number of nitrogens with zero attached hydrogens (tertiary/aromatic N) is 1. The second-order valence-electron chi connectivity index (χ2n) is 5.72. The Hall–Kier alpha value is -2.70. The van der Waals surface area contributed by atoms with Crippen molar-refractivity contribution in [2.45, 2.75) is 26.7 Å². The molecule has 2 aromatic rings. The Balaban J connectivity index is 1.82. The summed E-state index contributed by atoms with van der Waals surface area (Å²) >= 11 is 0. The van der Waals surface area contributed by atoms with E-state index in [1.165, 1.54) is 6.07 Å². The molecule has 1 saturated carbocycles. The highest BCUT2D eigenvalue weighted by Gasteiger charge is 2.58. The zero-order valence-electron chi connectivity index (χ0n) is 13.4. The van der Waals surface area contributed by atoms with Gasteiger partial charge in [-0.15, -0.1) is 0 Å². The molecule has 0 unspecified atom stereocenters. The molecule has 7 heteroatoms. The molecule has 1 N–H and O–H groups in total. The Morgan fingerprint density at radius 2 is 2.08 bits per heavy atom. The predicted molar refractivity (Wildman–Crippen MR) is 83.6 cm³/mol. The molecule has 6 nitrogen and oxygen atoms in total. The summed E-state index contributed by atoms with van der Waals surface area (Å²) in [5, 5.41) is 6.39. The van der Waals surface area contributed by atoms with E-state index in [1.54, 1.807) is 32.0 Å². The van der Waals surface area contributed by atoms with Crippen LogP contribution in [-0.4, -0.2) is 23.6 Å². The van der Waals surface area contributed by atoms with Crippen LogP contribution in [0, 0.1) is 18.2 Å². The molecule has 0 atom stereocenters. The average molecular weight is 332 g/mol. The van der Waals surface area contributed by atoms with E-state index in [2.05, 4.69) is 10.5 Å². The monoisotopic (exact) mass is 332 g/mol. The van der Waals surface area contributed by atoms with Crippen LogP contribution < -0.4 is 5.32 Å². The maximum absolute atomic E-state index is 13.9. The Labute approximate surface area is 138 Å². The van der Waals surface area contributed by atoms with Crippen LogP contribution in [0.25, 0.3) is 11.3 Å². The van der Waals surface area contributed by atoms with Crippen molar-refractivity contribution in [1.82, 2.24) is 5.16 Å². The van der Waals surface area contributed by atoms with Gasteiger partial charge in [-0.25, -0.2) is 4.39 Å². The lowest BCUT2D eigenvalue weighted by atomic mass is 10.1. The molecule has 1 aromatic carbocycles. The van der Waals surface area contributed by atoms with Crippen molar-refractivity contribution >= 4 is 17.7 Å². The van der Waals surface area contributed by atoms with Crippen LogP contribution in [0.15, 0.2) is 28.8 Å². The van der Waals surface area contributed by atoms with E-state index in [0.717, 1.165) is 0 Å². The zero-order valence-corrected chi connectivity index (χ0v) is 13.4. The molecule has 126 valence electrons. The minimum absolute atomic E-state index is 0.175. The van der Waals surface area contributed by atoms with Crippen LogP contribution in [0.5, 0.6) is 0 Å². The van der Waals surface area contributed by atoms with Crippen LogP contribution in [0.2, 0.25) is 0 Å². The van der Waals surface area contributed by atoms with Crippen LogP contribution in [-0.2, 0) is 14.3 Å². The topological polar surface area (TPSA) is 81.4 Å². The van der Waals surface area contributed by atoms with Gasteiger partial charge in [-0.3, -0.25) is 9.59 Å².